The lowest BCUT2D eigenvalue weighted by molar-refractivity contribution is -0.131. The Morgan fingerprint density at radius 3 is 2.67 bits per heavy atom. The molecule has 0 saturated heterocycles. The molecular weight excluding hydrogens is 270 g/mol. The van der Waals surface area contributed by atoms with E-state index in [9.17, 15) is 9.59 Å². The van der Waals surface area contributed by atoms with Crippen LogP contribution >= 0.6 is 0 Å². The van der Waals surface area contributed by atoms with Gasteiger partial charge >= 0.3 is 5.97 Å². The largest absolute Gasteiger partial charge is 0.496 e. The van der Waals surface area contributed by atoms with E-state index in [1.54, 1.807) is 18.2 Å². The van der Waals surface area contributed by atoms with Crippen molar-refractivity contribution in [1.29, 1.82) is 0 Å². The highest BCUT2D eigenvalue weighted by Gasteiger charge is 2.31. The standard InChI is InChI=1S/C16H19NO4/c1-3-17(13-6-7-13)16(20)12-4-8-14(21-2)11(10-12)5-9-15(18)19/h4-5,8-10,13H,3,6-7H2,1-2H3,(H,18,19). The van der Waals surface area contributed by atoms with E-state index >= 15 is 0 Å². The Bertz CT molecular complexity index is 576. The molecule has 0 bridgehead atoms. The third kappa shape index (κ3) is 3.62. The van der Waals surface area contributed by atoms with Gasteiger partial charge in [-0.05, 0) is 44.0 Å². The molecule has 21 heavy (non-hydrogen) atoms. The molecule has 0 aromatic heterocycles. The first-order chi connectivity index (χ1) is 10.1. The summed E-state index contributed by atoms with van der Waals surface area (Å²) in [6.45, 7) is 2.64. The van der Waals surface area contributed by atoms with Gasteiger partial charge < -0.3 is 14.7 Å². The molecule has 112 valence electrons. The monoisotopic (exact) mass is 289 g/mol. The van der Waals surface area contributed by atoms with Crippen LogP contribution in [0.25, 0.3) is 6.08 Å². The molecule has 0 heterocycles. The van der Waals surface area contributed by atoms with E-state index in [1.165, 1.54) is 13.2 Å². The van der Waals surface area contributed by atoms with Crippen LogP contribution < -0.4 is 4.74 Å². The summed E-state index contributed by atoms with van der Waals surface area (Å²) >= 11 is 0. The molecule has 1 aliphatic carbocycles. The van der Waals surface area contributed by atoms with E-state index in [4.69, 9.17) is 9.84 Å². The zero-order chi connectivity index (χ0) is 15.4. The summed E-state index contributed by atoms with van der Waals surface area (Å²) in [6.07, 6.45) is 4.58. The molecule has 0 unspecified atom stereocenters. The van der Waals surface area contributed by atoms with Crippen molar-refractivity contribution in [3.8, 4) is 5.75 Å². The highest BCUT2D eigenvalue weighted by atomic mass is 16.5. The van der Waals surface area contributed by atoms with Gasteiger partial charge in [0.2, 0.25) is 0 Å². The number of ether oxygens (including phenoxy) is 1. The maximum absolute atomic E-state index is 12.5. The zero-order valence-corrected chi connectivity index (χ0v) is 12.2. The number of nitrogens with zero attached hydrogens (tertiary/aromatic N) is 1. The third-order valence-corrected chi connectivity index (χ3v) is 3.47. The minimum atomic E-state index is -1.04. The molecule has 1 saturated carbocycles. The summed E-state index contributed by atoms with van der Waals surface area (Å²) < 4.78 is 5.19. The van der Waals surface area contributed by atoms with Crippen LogP contribution in [0.5, 0.6) is 5.75 Å². The third-order valence-electron chi connectivity index (χ3n) is 3.47. The predicted octanol–water partition coefficient (Wildman–Crippen LogP) is 2.42. The number of carbonyl (C=O) groups is 2. The van der Waals surface area contributed by atoms with Crippen LogP contribution in [0.1, 0.15) is 35.7 Å². The number of hydrogen-bond donors (Lipinski definition) is 1. The smallest absolute Gasteiger partial charge is 0.328 e. The van der Waals surface area contributed by atoms with E-state index in [2.05, 4.69) is 0 Å². The van der Waals surface area contributed by atoms with E-state index in [-0.39, 0.29) is 5.91 Å². The number of amides is 1. The first kappa shape index (κ1) is 15.1. The zero-order valence-electron chi connectivity index (χ0n) is 12.2. The van der Waals surface area contributed by atoms with Crippen molar-refractivity contribution in [2.24, 2.45) is 0 Å². The topological polar surface area (TPSA) is 66.8 Å². The second-order valence-corrected chi connectivity index (χ2v) is 4.95. The Labute approximate surface area is 123 Å². The Kier molecular flexibility index (Phi) is 4.62. The average Bonchev–Trinajstić information content (AvgIpc) is 3.30. The fourth-order valence-corrected chi connectivity index (χ4v) is 2.28. The molecule has 1 fully saturated rings. The lowest BCUT2D eigenvalue weighted by atomic mass is 10.1. The number of carboxylic acids is 1. The Hall–Kier alpha value is -2.30. The van der Waals surface area contributed by atoms with Crippen molar-refractivity contribution in [2.45, 2.75) is 25.8 Å². The minimum Gasteiger partial charge on any atom is -0.496 e. The van der Waals surface area contributed by atoms with Crippen LogP contribution in [0.4, 0.5) is 0 Å². The first-order valence-electron chi connectivity index (χ1n) is 6.96. The van der Waals surface area contributed by atoms with Crippen LogP contribution in [0, 0.1) is 0 Å². The quantitative estimate of drug-likeness (QED) is 0.817. The molecule has 2 rings (SSSR count). The van der Waals surface area contributed by atoms with Crippen molar-refractivity contribution in [3.05, 3.63) is 35.4 Å². The Morgan fingerprint density at radius 1 is 1.43 bits per heavy atom. The van der Waals surface area contributed by atoms with Crippen LogP contribution in [0.15, 0.2) is 24.3 Å². The van der Waals surface area contributed by atoms with Gasteiger partial charge in [0, 0.05) is 29.8 Å². The highest BCUT2D eigenvalue weighted by Crippen LogP contribution is 2.29. The fraction of sp³-hybridized carbons (Fsp3) is 0.375. The molecule has 5 heteroatoms. The molecule has 1 amide bonds. The lowest BCUT2D eigenvalue weighted by Gasteiger charge is -2.20. The van der Waals surface area contributed by atoms with Gasteiger partial charge in [0.1, 0.15) is 5.75 Å². The number of hydrogen-bond acceptors (Lipinski definition) is 3. The molecule has 0 atom stereocenters. The lowest BCUT2D eigenvalue weighted by Crippen LogP contribution is -2.32. The van der Waals surface area contributed by atoms with Crippen molar-refractivity contribution in [2.75, 3.05) is 13.7 Å². The van der Waals surface area contributed by atoms with Gasteiger partial charge in [-0.3, -0.25) is 4.79 Å². The molecule has 1 aliphatic rings. The molecular formula is C16H19NO4. The SMILES string of the molecule is CCN(C(=O)c1ccc(OC)c(C=CC(=O)O)c1)C1CC1. The normalized spacial score (nSPS) is 14.2. The second-order valence-electron chi connectivity index (χ2n) is 4.95. The molecule has 0 radical (unpaired) electrons. The van der Waals surface area contributed by atoms with Gasteiger partial charge in [-0.1, -0.05) is 0 Å². The van der Waals surface area contributed by atoms with E-state index in [1.807, 2.05) is 11.8 Å². The summed E-state index contributed by atoms with van der Waals surface area (Å²) in [7, 11) is 1.51. The average molecular weight is 289 g/mol. The predicted molar refractivity (Wildman–Crippen MR) is 79.4 cm³/mol. The maximum Gasteiger partial charge on any atom is 0.328 e. The van der Waals surface area contributed by atoms with Crippen LogP contribution in [0.3, 0.4) is 0 Å². The van der Waals surface area contributed by atoms with Crippen LogP contribution in [-0.2, 0) is 4.79 Å². The molecule has 1 N–H and O–H groups in total. The summed E-state index contributed by atoms with van der Waals surface area (Å²) in [5, 5.41) is 8.72. The van der Waals surface area contributed by atoms with Crippen molar-refractivity contribution in [3.63, 3.8) is 0 Å². The molecule has 1 aromatic rings. The van der Waals surface area contributed by atoms with Crippen LogP contribution in [-0.4, -0.2) is 41.6 Å². The minimum absolute atomic E-state index is 0.0207. The van der Waals surface area contributed by atoms with Gasteiger partial charge in [0.15, 0.2) is 0 Å². The molecule has 0 aliphatic heterocycles. The number of carboxylic acid groups (broad SMARTS) is 1. The van der Waals surface area contributed by atoms with E-state index in [0.29, 0.717) is 29.5 Å². The molecule has 5 nitrogen and oxygen atoms in total. The van der Waals surface area contributed by atoms with Crippen molar-refractivity contribution >= 4 is 18.0 Å². The number of methoxy groups -OCH3 is 1. The van der Waals surface area contributed by atoms with Crippen molar-refractivity contribution < 1.29 is 19.4 Å². The van der Waals surface area contributed by atoms with E-state index < -0.39 is 5.97 Å². The second kappa shape index (κ2) is 6.43. The van der Waals surface area contributed by atoms with Crippen molar-refractivity contribution in [1.82, 2.24) is 4.90 Å². The van der Waals surface area contributed by atoms with Gasteiger partial charge in [-0.15, -0.1) is 0 Å². The van der Waals surface area contributed by atoms with Crippen LogP contribution in [0.2, 0.25) is 0 Å². The summed E-state index contributed by atoms with van der Waals surface area (Å²) in [4.78, 5) is 25.0. The Balaban J connectivity index is 2.29. The number of benzene rings is 1. The first-order valence-corrected chi connectivity index (χ1v) is 6.96. The van der Waals surface area contributed by atoms with Gasteiger partial charge in [-0.25, -0.2) is 4.79 Å². The van der Waals surface area contributed by atoms with E-state index in [0.717, 1.165) is 18.9 Å². The van der Waals surface area contributed by atoms with Gasteiger partial charge in [0.25, 0.3) is 5.91 Å². The highest BCUT2D eigenvalue weighted by molar-refractivity contribution is 5.96. The fourth-order valence-electron chi connectivity index (χ4n) is 2.28. The summed E-state index contributed by atoms with van der Waals surface area (Å²) in [5.74, 6) is -0.520. The summed E-state index contributed by atoms with van der Waals surface area (Å²) in [5.41, 5.74) is 1.13. The molecule has 0 spiro atoms. The van der Waals surface area contributed by atoms with Gasteiger partial charge in [0.05, 0.1) is 7.11 Å². The van der Waals surface area contributed by atoms with Gasteiger partial charge in [-0.2, -0.15) is 0 Å². The number of carbonyl (C=O) groups excluding carboxylic acids is 1. The summed E-state index contributed by atoms with van der Waals surface area (Å²) in [6, 6.07) is 5.42. The number of aliphatic carboxylic acids is 1. The Morgan fingerprint density at radius 2 is 2.14 bits per heavy atom. The number of rotatable bonds is 6. The molecule has 1 aromatic carbocycles. The maximum atomic E-state index is 12.5.